The summed E-state index contributed by atoms with van der Waals surface area (Å²) < 4.78 is 5.44. The monoisotopic (exact) mass is 890 g/mol. The van der Waals surface area contributed by atoms with E-state index in [0.29, 0.717) is 25.9 Å². The van der Waals surface area contributed by atoms with Gasteiger partial charge in [-0.3, -0.25) is 9.59 Å². The Labute approximate surface area is 393 Å². The molecule has 3 N–H and O–H groups in total. The number of aliphatic hydroxyl groups excluding tert-OH is 2. The summed E-state index contributed by atoms with van der Waals surface area (Å²) in [6.45, 7) is 4.89. The minimum atomic E-state index is -0.677. The quantitative estimate of drug-likeness (QED) is 0.0321. The molecule has 0 spiro atoms. The van der Waals surface area contributed by atoms with Gasteiger partial charge in [0.2, 0.25) is 5.91 Å². The lowest BCUT2D eigenvalue weighted by Gasteiger charge is -2.22. The van der Waals surface area contributed by atoms with E-state index in [2.05, 4.69) is 31.3 Å². The van der Waals surface area contributed by atoms with E-state index in [-0.39, 0.29) is 18.5 Å². The molecule has 0 saturated heterocycles. The zero-order valence-corrected chi connectivity index (χ0v) is 42.6. The number of amides is 1. The van der Waals surface area contributed by atoms with Crippen LogP contribution in [-0.4, -0.2) is 47.4 Å². The first kappa shape index (κ1) is 61.6. The van der Waals surface area contributed by atoms with Gasteiger partial charge in [-0.1, -0.05) is 270 Å². The third-order valence-corrected chi connectivity index (χ3v) is 13.3. The van der Waals surface area contributed by atoms with E-state index in [0.717, 1.165) is 57.8 Å². The van der Waals surface area contributed by atoms with Crippen LogP contribution >= 0.6 is 0 Å². The van der Waals surface area contributed by atoms with Crippen LogP contribution < -0.4 is 5.32 Å². The van der Waals surface area contributed by atoms with Crippen LogP contribution in [0.25, 0.3) is 0 Å². The van der Waals surface area contributed by atoms with Crippen LogP contribution in [-0.2, 0) is 14.3 Å². The summed E-state index contributed by atoms with van der Waals surface area (Å²) in [5, 5.41) is 23.3. The summed E-state index contributed by atoms with van der Waals surface area (Å²) in [5.74, 6) is -0.0745. The minimum absolute atomic E-state index is 0.0236. The van der Waals surface area contributed by atoms with Crippen LogP contribution in [0.15, 0.2) is 12.2 Å². The fraction of sp³-hybridized carbons (Fsp3) is 0.930. The molecule has 0 rings (SSSR count). The molecule has 0 aliphatic heterocycles. The van der Waals surface area contributed by atoms with Gasteiger partial charge in [0, 0.05) is 12.8 Å². The molecule has 0 aromatic carbocycles. The van der Waals surface area contributed by atoms with Gasteiger partial charge in [0.05, 0.1) is 25.4 Å². The van der Waals surface area contributed by atoms with Crippen molar-refractivity contribution in [2.75, 3.05) is 13.2 Å². The van der Waals surface area contributed by atoms with Gasteiger partial charge in [0.1, 0.15) is 0 Å². The van der Waals surface area contributed by atoms with E-state index in [1.807, 2.05) is 0 Å². The molecule has 63 heavy (non-hydrogen) atoms. The molecule has 0 fully saturated rings. The molecule has 0 radical (unpaired) electrons. The molecule has 2 atom stereocenters. The summed E-state index contributed by atoms with van der Waals surface area (Å²) in [7, 11) is 0. The predicted octanol–water partition coefficient (Wildman–Crippen LogP) is 17.3. The van der Waals surface area contributed by atoms with Gasteiger partial charge < -0.3 is 20.3 Å². The Balaban J connectivity index is 3.45. The van der Waals surface area contributed by atoms with Gasteiger partial charge >= 0.3 is 5.97 Å². The van der Waals surface area contributed by atoms with Gasteiger partial charge in [-0.15, -0.1) is 0 Å². The maximum Gasteiger partial charge on any atom is 0.305 e. The van der Waals surface area contributed by atoms with E-state index in [1.54, 1.807) is 0 Å². The second-order valence-corrected chi connectivity index (χ2v) is 19.6. The Morgan fingerprint density at radius 2 is 0.762 bits per heavy atom. The lowest BCUT2D eigenvalue weighted by molar-refractivity contribution is -0.143. The molecule has 0 aromatic heterocycles. The maximum absolute atomic E-state index is 12.5. The van der Waals surface area contributed by atoms with Crippen molar-refractivity contribution in [1.82, 2.24) is 5.32 Å². The van der Waals surface area contributed by atoms with Crippen LogP contribution in [0.4, 0.5) is 0 Å². The van der Waals surface area contributed by atoms with Crippen LogP contribution in [0.2, 0.25) is 0 Å². The summed E-state index contributed by atoms with van der Waals surface area (Å²) in [6.07, 6.45) is 62.0. The fourth-order valence-electron chi connectivity index (χ4n) is 8.92. The van der Waals surface area contributed by atoms with Crippen molar-refractivity contribution < 1.29 is 24.5 Å². The van der Waals surface area contributed by atoms with Gasteiger partial charge in [-0.05, 0) is 44.9 Å². The van der Waals surface area contributed by atoms with Crippen LogP contribution in [0.5, 0.6) is 0 Å². The Hall–Kier alpha value is -1.40. The number of hydrogen-bond acceptors (Lipinski definition) is 5. The number of aliphatic hydroxyl groups is 2. The molecule has 0 bridgehead atoms. The highest BCUT2D eigenvalue weighted by Crippen LogP contribution is 2.18. The molecule has 0 aliphatic carbocycles. The second-order valence-electron chi connectivity index (χ2n) is 19.6. The Morgan fingerprint density at radius 1 is 0.429 bits per heavy atom. The topological polar surface area (TPSA) is 95.9 Å². The third kappa shape index (κ3) is 49.9. The summed E-state index contributed by atoms with van der Waals surface area (Å²) in [4.78, 5) is 24.5. The van der Waals surface area contributed by atoms with E-state index in [1.165, 1.54) is 225 Å². The van der Waals surface area contributed by atoms with Crippen molar-refractivity contribution in [3.05, 3.63) is 12.2 Å². The molecule has 1 amide bonds. The van der Waals surface area contributed by atoms with Crippen LogP contribution in [0, 0.1) is 0 Å². The third-order valence-electron chi connectivity index (χ3n) is 13.3. The predicted molar refractivity (Wildman–Crippen MR) is 273 cm³/mol. The van der Waals surface area contributed by atoms with E-state index in [9.17, 15) is 19.8 Å². The van der Waals surface area contributed by atoms with Crippen LogP contribution in [0.3, 0.4) is 0 Å². The molecule has 0 aliphatic rings. The SMILES string of the molecule is CCCC/C=C\CCCCCCCC(=O)OCCCCCCCCCCCCCC(=O)NC(CO)C(O)CCCCCCCCCCCCCCCCCCCCCCCCCC. The number of unbranched alkanes of at least 4 members (excludes halogenated alkanes) is 40. The maximum atomic E-state index is 12.5. The van der Waals surface area contributed by atoms with Gasteiger partial charge in [0.15, 0.2) is 0 Å². The highest BCUT2D eigenvalue weighted by Gasteiger charge is 2.20. The lowest BCUT2D eigenvalue weighted by Crippen LogP contribution is -2.45. The summed E-state index contributed by atoms with van der Waals surface area (Å²) >= 11 is 0. The number of allylic oxidation sites excluding steroid dienone is 2. The van der Waals surface area contributed by atoms with Crippen molar-refractivity contribution in [3.63, 3.8) is 0 Å². The van der Waals surface area contributed by atoms with Crippen molar-refractivity contribution in [1.29, 1.82) is 0 Å². The molecular formula is C57H111NO5. The fourth-order valence-corrected chi connectivity index (χ4v) is 8.92. The number of esters is 1. The normalized spacial score (nSPS) is 12.6. The number of carbonyl (C=O) groups is 2. The smallest absolute Gasteiger partial charge is 0.305 e. The molecule has 0 saturated carbocycles. The van der Waals surface area contributed by atoms with Crippen LogP contribution in [0.1, 0.15) is 316 Å². The Kier molecular flexibility index (Phi) is 52.0. The zero-order valence-electron chi connectivity index (χ0n) is 42.6. The molecule has 6 nitrogen and oxygen atoms in total. The molecule has 2 unspecified atom stereocenters. The Bertz CT molecular complexity index is 939. The molecule has 0 heterocycles. The highest BCUT2D eigenvalue weighted by molar-refractivity contribution is 5.76. The lowest BCUT2D eigenvalue weighted by atomic mass is 10.0. The number of ether oxygens (including phenoxy) is 1. The number of nitrogens with one attached hydrogen (secondary N) is 1. The van der Waals surface area contributed by atoms with Gasteiger partial charge in [-0.25, -0.2) is 0 Å². The van der Waals surface area contributed by atoms with Crippen molar-refractivity contribution >= 4 is 11.9 Å². The van der Waals surface area contributed by atoms with E-state index < -0.39 is 12.1 Å². The molecule has 374 valence electrons. The first-order valence-corrected chi connectivity index (χ1v) is 28.4. The highest BCUT2D eigenvalue weighted by atomic mass is 16.5. The molecular weight excluding hydrogens is 779 g/mol. The first-order valence-electron chi connectivity index (χ1n) is 28.4. The van der Waals surface area contributed by atoms with Gasteiger partial charge in [-0.2, -0.15) is 0 Å². The minimum Gasteiger partial charge on any atom is -0.466 e. The average Bonchev–Trinajstić information content (AvgIpc) is 3.28. The second kappa shape index (κ2) is 53.2. The standard InChI is InChI=1S/C57H111NO5/c1-3-5-7-9-11-13-15-16-17-18-19-20-21-22-23-24-25-26-27-30-33-37-41-45-49-55(60)54(53-59)58-56(61)50-46-42-38-34-31-28-32-36-40-44-48-52-63-57(62)51-47-43-39-35-29-14-12-10-8-6-4-2/h10,12,54-55,59-60H,3-9,11,13-53H2,1-2H3,(H,58,61)/b12-10-. The summed E-state index contributed by atoms with van der Waals surface area (Å²) in [6, 6.07) is -0.556. The van der Waals surface area contributed by atoms with Crippen molar-refractivity contribution in [2.45, 2.75) is 328 Å². The molecule has 0 aromatic rings. The number of hydrogen-bond donors (Lipinski definition) is 3. The summed E-state index contributed by atoms with van der Waals surface area (Å²) in [5.41, 5.74) is 0. The first-order chi connectivity index (χ1) is 31.0. The average molecular weight is 891 g/mol. The molecule has 6 heteroatoms. The van der Waals surface area contributed by atoms with Crippen molar-refractivity contribution in [3.8, 4) is 0 Å². The van der Waals surface area contributed by atoms with Crippen molar-refractivity contribution in [2.24, 2.45) is 0 Å². The largest absolute Gasteiger partial charge is 0.466 e. The number of carbonyl (C=O) groups excluding carboxylic acids is 2. The zero-order chi connectivity index (χ0) is 45.8. The van der Waals surface area contributed by atoms with E-state index >= 15 is 0 Å². The van der Waals surface area contributed by atoms with Gasteiger partial charge in [0.25, 0.3) is 0 Å². The number of rotatable bonds is 53. The Morgan fingerprint density at radius 3 is 1.17 bits per heavy atom. The van der Waals surface area contributed by atoms with E-state index in [4.69, 9.17) is 4.74 Å².